The molecule has 1 aromatic rings. The van der Waals surface area contributed by atoms with Gasteiger partial charge in [0.25, 0.3) is 0 Å². The Morgan fingerprint density at radius 3 is 2.57 bits per heavy atom. The second-order valence-corrected chi connectivity index (χ2v) is 7.05. The van der Waals surface area contributed by atoms with Gasteiger partial charge in [0, 0.05) is 6.04 Å². The highest BCUT2D eigenvalue weighted by atomic mass is 32.2. The number of rotatable bonds is 7. The van der Waals surface area contributed by atoms with E-state index in [2.05, 4.69) is 4.72 Å². The third kappa shape index (κ3) is 4.65. The number of carboxylic acids is 1. The van der Waals surface area contributed by atoms with Gasteiger partial charge < -0.3 is 5.11 Å². The van der Waals surface area contributed by atoms with Crippen LogP contribution in [-0.4, -0.2) is 37.5 Å². The molecule has 1 rings (SSSR count). The number of hydrogen-bond donors (Lipinski definition) is 2. The summed E-state index contributed by atoms with van der Waals surface area (Å²) in [6.07, 6.45) is 2.36. The third-order valence-electron chi connectivity index (χ3n) is 2.64. The fourth-order valence-corrected chi connectivity index (χ4v) is 3.54. The third-order valence-corrected chi connectivity index (χ3v) is 4.88. The SMILES string of the molecule is CSCCC(C)NS(=O)(=O)c1cc(C(=O)O)cc(F)c1F. The molecule has 0 fully saturated rings. The average molecular weight is 339 g/mol. The van der Waals surface area contributed by atoms with Crippen molar-refractivity contribution in [3.8, 4) is 0 Å². The zero-order valence-electron chi connectivity index (χ0n) is 11.4. The number of thioether (sulfide) groups is 1. The van der Waals surface area contributed by atoms with Gasteiger partial charge in [-0.3, -0.25) is 0 Å². The van der Waals surface area contributed by atoms with Crippen LogP contribution in [0.3, 0.4) is 0 Å². The summed E-state index contributed by atoms with van der Waals surface area (Å²) in [5, 5.41) is 8.78. The minimum atomic E-state index is -4.34. The van der Waals surface area contributed by atoms with E-state index in [-0.39, 0.29) is 0 Å². The maximum atomic E-state index is 13.7. The molecule has 0 aliphatic carbocycles. The first-order chi connectivity index (χ1) is 9.69. The van der Waals surface area contributed by atoms with Crippen molar-refractivity contribution in [1.82, 2.24) is 4.72 Å². The van der Waals surface area contributed by atoms with E-state index in [1.807, 2.05) is 6.26 Å². The molecule has 5 nitrogen and oxygen atoms in total. The molecule has 9 heteroatoms. The van der Waals surface area contributed by atoms with Crippen molar-refractivity contribution in [3.05, 3.63) is 29.3 Å². The van der Waals surface area contributed by atoms with E-state index in [9.17, 15) is 22.0 Å². The molecule has 1 atom stereocenters. The van der Waals surface area contributed by atoms with E-state index in [1.165, 1.54) is 11.8 Å². The Hall–Kier alpha value is -1.19. The quantitative estimate of drug-likeness (QED) is 0.795. The van der Waals surface area contributed by atoms with Crippen molar-refractivity contribution in [2.24, 2.45) is 0 Å². The number of nitrogens with one attached hydrogen (secondary N) is 1. The first kappa shape index (κ1) is 17.9. The number of aromatic carboxylic acids is 1. The zero-order valence-corrected chi connectivity index (χ0v) is 13.0. The summed E-state index contributed by atoms with van der Waals surface area (Å²) in [7, 11) is -4.34. The molecule has 0 amide bonds. The fraction of sp³-hybridized carbons (Fsp3) is 0.417. The predicted molar refractivity (Wildman–Crippen MR) is 76.1 cm³/mol. The van der Waals surface area contributed by atoms with Crippen LogP contribution in [0.2, 0.25) is 0 Å². The zero-order chi connectivity index (χ0) is 16.2. The Kier molecular flexibility index (Phi) is 6.11. The van der Waals surface area contributed by atoms with Crippen LogP contribution in [0.5, 0.6) is 0 Å². The molecule has 0 saturated heterocycles. The van der Waals surface area contributed by atoms with Gasteiger partial charge in [0.2, 0.25) is 10.0 Å². The van der Waals surface area contributed by atoms with Gasteiger partial charge in [-0.2, -0.15) is 11.8 Å². The Bertz CT molecular complexity index is 634. The van der Waals surface area contributed by atoms with E-state index in [4.69, 9.17) is 5.11 Å². The molecule has 0 spiro atoms. The van der Waals surface area contributed by atoms with Crippen molar-refractivity contribution in [2.75, 3.05) is 12.0 Å². The number of carbonyl (C=O) groups is 1. The van der Waals surface area contributed by atoms with Gasteiger partial charge in [-0.05, 0) is 37.5 Å². The Balaban J connectivity index is 3.16. The number of hydrogen-bond acceptors (Lipinski definition) is 4. The fourth-order valence-electron chi connectivity index (χ4n) is 1.56. The van der Waals surface area contributed by atoms with Crippen molar-refractivity contribution in [2.45, 2.75) is 24.3 Å². The van der Waals surface area contributed by atoms with E-state index in [1.54, 1.807) is 6.92 Å². The molecule has 0 aromatic heterocycles. The lowest BCUT2D eigenvalue weighted by molar-refractivity contribution is 0.0696. The smallest absolute Gasteiger partial charge is 0.335 e. The molecule has 1 aromatic carbocycles. The summed E-state index contributed by atoms with van der Waals surface area (Å²) >= 11 is 1.52. The van der Waals surface area contributed by atoms with Gasteiger partial charge >= 0.3 is 5.97 Å². The molecule has 0 aliphatic rings. The molecule has 2 N–H and O–H groups in total. The summed E-state index contributed by atoms with van der Waals surface area (Å²) < 4.78 is 53.3. The normalized spacial score (nSPS) is 13.1. The topological polar surface area (TPSA) is 83.5 Å². The standard InChI is InChI=1S/C12H15F2NO4S2/c1-7(3-4-20-2)15-21(18,19)10-6-8(12(16)17)5-9(13)11(10)14/h5-7,15H,3-4H2,1-2H3,(H,16,17). The average Bonchev–Trinajstić information content (AvgIpc) is 2.38. The van der Waals surface area contributed by atoms with Crippen molar-refractivity contribution in [3.63, 3.8) is 0 Å². The molecule has 21 heavy (non-hydrogen) atoms. The number of benzene rings is 1. The molecule has 0 aliphatic heterocycles. The highest BCUT2D eigenvalue weighted by Crippen LogP contribution is 2.20. The second kappa shape index (κ2) is 7.19. The summed E-state index contributed by atoms with van der Waals surface area (Å²) in [5.74, 6) is -3.97. The molecule has 0 bridgehead atoms. The molecule has 1 unspecified atom stereocenters. The van der Waals surface area contributed by atoms with Gasteiger partial charge in [0.05, 0.1) is 5.56 Å². The van der Waals surface area contributed by atoms with Crippen LogP contribution in [0.25, 0.3) is 0 Å². The Morgan fingerprint density at radius 1 is 1.43 bits per heavy atom. The first-order valence-corrected chi connectivity index (χ1v) is 8.80. The summed E-state index contributed by atoms with van der Waals surface area (Å²) in [5.41, 5.74) is -0.633. The van der Waals surface area contributed by atoms with E-state index < -0.39 is 44.1 Å². The van der Waals surface area contributed by atoms with Crippen molar-refractivity contribution in [1.29, 1.82) is 0 Å². The van der Waals surface area contributed by atoms with Crippen molar-refractivity contribution < 1.29 is 27.1 Å². The molecular formula is C12H15F2NO4S2. The maximum absolute atomic E-state index is 13.7. The van der Waals surface area contributed by atoms with E-state index >= 15 is 0 Å². The van der Waals surface area contributed by atoms with Gasteiger partial charge in [-0.15, -0.1) is 0 Å². The van der Waals surface area contributed by atoms with Crippen LogP contribution in [0.4, 0.5) is 8.78 Å². The maximum Gasteiger partial charge on any atom is 0.335 e. The second-order valence-electron chi connectivity index (χ2n) is 4.38. The number of sulfonamides is 1. The Labute approximate surface area is 125 Å². The van der Waals surface area contributed by atoms with E-state index in [0.717, 1.165) is 0 Å². The minimum absolute atomic E-state index is 0.438. The Morgan fingerprint density at radius 2 is 2.05 bits per heavy atom. The summed E-state index contributed by atoms with van der Waals surface area (Å²) in [6, 6.07) is 0.552. The highest BCUT2D eigenvalue weighted by molar-refractivity contribution is 7.98. The van der Waals surface area contributed by atoms with Crippen LogP contribution >= 0.6 is 11.8 Å². The first-order valence-electron chi connectivity index (χ1n) is 5.92. The highest BCUT2D eigenvalue weighted by Gasteiger charge is 2.25. The minimum Gasteiger partial charge on any atom is -0.478 e. The predicted octanol–water partition coefficient (Wildman–Crippen LogP) is 2.08. The van der Waals surface area contributed by atoms with Crippen LogP contribution in [0.15, 0.2) is 17.0 Å². The molecule has 0 radical (unpaired) electrons. The van der Waals surface area contributed by atoms with Gasteiger partial charge in [-0.25, -0.2) is 26.7 Å². The monoisotopic (exact) mass is 339 g/mol. The lowest BCUT2D eigenvalue weighted by Crippen LogP contribution is -2.33. The van der Waals surface area contributed by atoms with Crippen molar-refractivity contribution >= 4 is 27.8 Å². The lowest BCUT2D eigenvalue weighted by atomic mass is 10.2. The van der Waals surface area contributed by atoms with Crippen LogP contribution < -0.4 is 4.72 Å². The van der Waals surface area contributed by atoms with Gasteiger partial charge in [0.1, 0.15) is 4.90 Å². The summed E-state index contributed by atoms with van der Waals surface area (Å²) in [4.78, 5) is 9.80. The lowest BCUT2D eigenvalue weighted by Gasteiger charge is -2.14. The van der Waals surface area contributed by atoms with Gasteiger partial charge in [0.15, 0.2) is 11.6 Å². The van der Waals surface area contributed by atoms with Crippen LogP contribution in [0, 0.1) is 11.6 Å². The summed E-state index contributed by atoms with van der Waals surface area (Å²) in [6.45, 7) is 1.59. The van der Waals surface area contributed by atoms with E-state index in [0.29, 0.717) is 24.3 Å². The largest absolute Gasteiger partial charge is 0.478 e. The molecule has 118 valence electrons. The molecular weight excluding hydrogens is 324 g/mol. The molecule has 0 heterocycles. The van der Waals surface area contributed by atoms with Crippen LogP contribution in [0.1, 0.15) is 23.7 Å². The van der Waals surface area contributed by atoms with Gasteiger partial charge in [-0.1, -0.05) is 0 Å². The molecule has 0 saturated carbocycles. The number of halogens is 2. The number of carboxylic acid groups (broad SMARTS) is 1. The van der Waals surface area contributed by atoms with Crippen LogP contribution in [-0.2, 0) is 10.0 Å².